The number of hydrogen-bond donors (Lipinski definition) is 0. The van der Waals surface area contributed by atoms with Gasteiger partial charge < -0.3 is 14.4 Å². The minimum absolute atomic E-state index is 0.0169. The summed E-state index contributed by atoms with van der Waals surface area (Å²) in [6.07, 6.45) is 2.67. The Kier molecular flexibility index (Phi) is 6.93. The van der Waals surface area contributed by atoms with Gasteiger partial charge in [0, 0.05) is 37.3 Å². The largest absolute Gasteiger partial charge is 0.486 e. The lowest BCUT2D eigenvalue weighted by atomic mass is 10.1. The maximum absolute atomic E-state index is 13.3. The minimum Gasteiger partial charge on any atom is -0.486 e. The molecule has 32 heavy (non-hydrogen) atoms. The maximum atomic E-state index is 13.3. The Morgan fingerprint density at radius 2 is 1.84 bits per heavy atom. The topological polar surface area (TPSA) is 76.1 Å². The Labute approximate surface area is 193 Å². The zero-order valence-electron chi connectivity index (χ0n) is 18.0. The van der Waals surface area contributed by atoms with Gasteiger partial charge in [-0.2, -0.15) is 4.31 Å². The number of halogens is 1. The van der Waals surface area contributed by atoms with Crippen molar-refractivity contribution in [3.05, 3.63) is 52.5 Å². The number of nitrogens with zero attached hydrogens (tertiary/aromatic N) is 2. The molecule has 1 amide bonds. The van der Waals surface area contributed by atoms with Gasteiger partial charge in [0.25, 0.3) is 5.91 Å². The molecule has 2 aromatic carbocycles. The second-order valence-corrected chi connectivity index (χ2v) is 10.2. The van der Waals surface area contributed by atoms with Crippen LogP contribution in [-0.2, 0) is 16.6 Å². The molecule has 172 valence electrons. The quantitative estimate of drug-likeness (QED) is 0.628. The van der Waals surface area contributed by atoms with Gasteiger partial charge in [0.2, 0.25) is 10.0 Å². The van der Waals surface area contributed by atoms with E-state index in [2.05, 4.69) is 0 Å². The molecular formula is C23H27ClN2O5S. The van der Waals surface area contributed by atoms with Crippen LogP contribution in [0.4, 0.5) is 0 Å². The lowest BCUT2D eigenvalue weighted by Crippen LogP contribution is -2.36. The molecule has 1 saturated heterocycles. The fourth-order valence-electron chi connectivity index (χ4n) is 4.05. The average Bonchev–Trinajstić information content (AvgIpc) is 2.83. The molecule has 0 radical (unpaired) electrons. The van der Waals surface area contributed by atoms with Gasteiger partial charge >= 0.3 is 0 Å². The van der Waals surface area contributed by atoms with Crippen LogP contribution in [-0.4, -0.2) is 56.4 Å². The van der Waals surface area contributed by atoms with Gasteiger partial charge in [-0.25, -0.2) is 8.42 Å². The van der Waals surface area contributed by atoms with E-state index in [1.165, 1.54) is 16.4 Å². The van der Waals surface area contributed by atoms with Crippen LogP contribution >= 0.6 is 11.6 Å². The van der Waals surface area contributed by atoms with Crippen molar-refractivity contribution in [1.29, 1.82) is 0 Å². The minimum atomic E-state index is -3.76. The van der Waals surface area contributed by atoms with Crippen LogP contribution in [0.25, 0.3) is 0 Å². The molecule has 2 aromatic rings. The molecule has 0 unspecified atom stereocenters. The monoisotopic (exact) mass is 478 g/mol. The van der Waals surface area contributed by atoms with Crippen molar-refractivity contribution in [2.75, 3.05) is 32.8 Å². The van der Waals surface area contributed by atoms with E-state index in [4.69, 9.17) is 21.1 Å². The van der Waals surface area contributed by atoms with E-state index in [-0.39, 0.29) is 21.4 Å². The molecule has 0 atom stereocenters. The van der Waals surface area contributed by atoms with Crippen LogP contribution in [0.3, 0.4) is 0 Å². The van der Waals surface area contributed by atoms with Gasteiger partial charge in [0.05, 0.1) is 5.02 Å². The summed E-state index contributed by atoms with van der Waals surface area (Å²) in [6.45, 7) is 4.54. The van der Waals surface area contributed by atoms with Crippen molar-refractivity contribution >= 4 is 27.5 Å². The highest BCUT2D eigenvalue weighted by molar-refractivity contribution is 7.89. The molecule has 9 heteroatoms. The molecular weight excluding hydrogens is 452 g/mol. The molecule has 0 aromatic heterocycles. The molecule has 2 heterocycles. The number of rotatable bonds is 6. The molecule has 2 aliphatic rings. The summed E-state index contributed by atoms with van der Waals surface area (Å²) in [6, 6.07) is 10.1. The van der Waals surface area contributed by atoms with Crippen molar-refractivity contribution in [2.45, 2.75) is 37.6 Å². The van der Waals surface area contributed by atoms with Crippen LogP contribution < -0.4 is 9.47 Å². The molecule has 0 spiro atoms. The molecule has 0 bridgehead atoms. The highest BCUT2D eigenvalue weighted by atomic mass is 35.5. The van der Waals surface area contributed by atoms with E-state index < -0.39 is 10.0 Å². The van der Waals surface area contributed by atoms with Crippen LogP contribution in [0, 0.1) is 0 Å². The maximum Gasteiger partial charge on any atom is 0.254 e. The van der Waals surface area contributed by atoms with Crippen LogP contribution in [0.5, 0.6) is 11.5 Å². The summed E-state index contributed by atoms with van der Waals surface area (Å²) >= 11 is 6.27. The van der Waals surface area contributed by atoms with Gasteiger partial charge in [-0.3, -0.25) is 4.79 Å². The van der Waals surface area contributed by atoms with Crippen molar-refractivity contribution < 1.29 is 22.7 Å². The molecule has 0 saturated carbocycles. The summed E-state index contributed by atoms with van der Waals surface area (Å²) in [5.74, 6) is 1.04. The zero-order valence-corrected chi connectivity index (χ0v) is 19.6. The van der Waals surface area contributed by atoms with E-state index >= 15 is 0 Å². The number of piperidine rings is 1. The highest BCUT2D eigenvalue weighted by Gasteiger charge is 2.29. The smallest absolute Gasteiger partial charge is 0.254 e. The van der Waals surface area contributed by atoms with Crippen LogP contribution in [0.15, 0.2) is 41.3 Å². The van der Waals surface area contributed by atoms with Crippen LogP contribution in [0.1, 0.15) is 42.1 Å². The molecule has 0 N–H and O–H groups in total. The molecule has 1 fully saturated rings. The van der Waals surface area contributed by atoms with E-state index in [1.807, 2.05) is 25.1 Å². The van der Waals surface area contributed by atoms with Crippen LogP contribution in [0.2, 0.25) is 5.02 Å². The summed E-state index contributed by atoms with van der Waals surface area (Å²) < 4.78 is 39.2. The normalized spacial score (nSPS) is 16.6. The van der Waals surface area contributed by atoms with Crippen molar-refractivity contribution in [3.8, 4) is 11.5 Å². The standard InChI is InChI=1S/C23H27ClN2O5S/c1-2-25(16-18-7-6-8-20-22(18)31-14-13-30-20)23(27)17-9-10-19(24)21(15-17)32(28,29)26-11-4-3-5-12-26/h6-10,15H,2-5,11-14,16H2,1H3. The molecule has 2 aliphatic heterocycles. The van der Waals surface area contributed by atoms with E-state index in [0.29, 0.717) is 50.9 Å². The van der Waals surface area contributed by atoms with Gasteiger partial charge in [-0.1, -0.05) is 30.2 Å². The van der Waals surface area contributed by atoms with E-state index in [1.54, 1.807) is 11.0 Å². The number of carbonyl (C=O) groups excluding carboxylic acids is 1. The van der Waals surface area contributed by atoms with Gasteiger partial charge in [-0.05, 0) is 44.0 Å². The third-order valence-electron chi connectivity index (χ3n) is 5.79. The summed E-state index contributed by atoms with van der Waals surface area (Å²) in [5, 5.41) is 0.123. The van der Waals surface area contributed by atoms with Gasteiger partial charge in [0.1, 0.15) is 18.1 Å². The first-order valence-corrected chi connectivity index (χ1v) is 12.7. The van der Waals surface area contributed by atoms with E-state index in [9.17, 15) is 13.2 Å². The Hall–Kier alpha value is -2.29. The Bertz CT molecular complexity index is 1100. The second kappa shape index (κ2) is 9.68. The Morgan fingerprint density at radius 3 is 2.59 bits per heavy atom. The third-order valence-corrected chi connectivity index (χ3v) is 8.17. The highest BCUT2D eigenvalue weighted by Crippen LogP contribution is 2.35. The lowest BCUT2D eigenvalue weighted by Gasteiger charge is -2.27. The van der Waals surface area contributed by atoms with Crippen molar-refractivity contribution in [3.63, 3.8) is 0 Å². The number of fused-ring (bicyclic) bond motifs is 1. The number of carbonyl (C=O) groups is 1. The first kappa shape index (κ1) is 22.9. The number of benzene rings is 2. The number of hydrogen-bond acceptors (Lipinski definition) is 5. The van der Waals surface area contributed by atoms with Crippen molar-refractivity contribution in [1.82, 2.24) is 9.21 Å². The second-order valence-electron chi connectivity index (χ2n) is 7.87. The predicted molar refractivity (Wildman–Crippen MR) is 122 cm³/mol. The molecule has 0 aliphatic carbocycles. The summed E-state index contributed by atoms with van der Waals surface area (Å²) in [5.41, 5.74) is 1.13. The predicted octanol–water partition coefficient (Wildman–Crippen LogP) is 3.95. The summed E-state index contributed by atoms with van der Waals surface area (Å²) in [7, 11) is -3.76. The Morgan fingerprint density at radius 1 is 1.09 bits per heavy atom. The zero-order chi connectivity index (χ0) is 22.7. The van der Waals surface area contributed by atoms with Gasteiger partial charge in [0.15, 0.2) is 11.5 Å². The lowest BCUT2D eigenvalue weighted by molar-refractivity contribution is 0.0749. The summed E-state index contributed by atoms with van der Waals surface area (Å²) in [4.78, 5) is 14.9. The molecule has 7 nitrogen and oxygen atoms in total. The van der Waals surface area contributed by atoms with Gasteiger partial charge in [-0.15, -0.1) is 0 Å². The van der Waals surface area contributed by atoms with E-state index in [0.717, 1.165) is 24.8 Å². The Balaban J connectivity index is 1.60. The SMILES string of the molecule is CCN(Cc1cccc2c1OCCO2)C(=O)c1ccc(Cl)c(S(=O)(=O)N2CCCCC2)c1. The number of ether oxygens (including phenoxy) is 2. The number of sulfonamides is 1. The number of amides is 1. The first-order chi connectivity index (χ1) is 15.4. The van der Waals surface area contributed by atoms with Crippen molar-refractivity contribution in [2.24, 2.45) is 0 Å². The first-order valence-electron chi connectivity index (χ1n) is 10.9. The average molecular weight is 479 g/mol. The fourth-order valence-corrected chi connectivity index (χ4v) is 6.07. The third kappa shape index (κ3) is 4.58. The number of para-hydroxylation sites is 1. The fraction of sp³-hybridized carbons (Fsp3) is 0.435. The molecule has 4 rings (SSSR count).